The molecule has 1 saturated heterocycles. The van der Waals surface area contributed by atoms with Gasteiger partial charge in [0.15, 0.2) is 5.58 Å². The summed E-state index contributed by atoms with van der Waals surface area (Å²) < 4.78 is 75.0. The lowest BCUT2D eigenvalue weighted by Gasteiger charge is -2.32. The molecular weight excluding hydrogens is 575 g/mol. The van der Waals surface area contributed by atoms with Gasteiger partial charge in [-0.2, -0.15) is 18.3 Å². The number of nitrogens with one attached hydrogen (secondary N) is 2. The van der Waals surface area contributed by atoms with E-state index in [0.717, 1.165) is 4.90 Å². The number of hydrogen-bond acceptors (Lipinski definition) is 5. The second kappa shape index (κ2) is 11.1. The summed E-state index contributed by atoms with van der Waals surface area (Å²) in [6, 6.07) is 1.64. The zero-order valence-electron chi connectivity index (χ0n) is 21.9. The molecule has 2 N–H and O–H groups in total. The van der Waals surface area contributed by atoms with Crippen molar-refractivity contribution in [1.82, 2.24) is 30.3 Å². The standard InChI is InChI=1S/C26H28ClF5N6O3/c1-2-38-17(7-10-33-38)22(39)36-21(14-5-8-25(28,29)9-6-14)23-34-16-11-15(3-4-19(16)41-23)18(12-27)37-13-20(26(30,31)32)35-24(37)40/h3-4,7,10-11,14,18,20-21H,2,5-6,8-9,12-13H2,1H3,(H,35,40)(H,36,39)/t18-,20+,21+/m1/s1. The molecule has 1 aromatic carbocycles. The predicted octanol–water partition coefficient (Wildman–Crippen LogP) is 5.58. The van der Waals surface area contributed by atoms with Crippen molar-refractivity contribution in [2.45, 2.75) is 69.4 Å². The van der Waals surface area contributed by atoms with E-state index in [1.54, 1.807) is 24.3 Å². The Labute approximate surface area is 236 Å². The third kappa shape index (κ3) is 5.97. The van der Waals surface area contributed by atoms with Crippen molar-refractivity contribution in [2.24, 2.45) is 5.92 Å². The van der Waals surface area contributed by atoms with Crippen LogP contribution in [0.15, 0.2) is 34.9 Å². The zero-order valence-corrected chi connectivity index (χ0v) is 22.7. The summed E-state index contributed by atoms with van der Waals surface area (Å²) in [7, 11) is 0. The van der Waals surface area contributed by atoms with E-state index in [1.165, 1.54) is 10.9 Å². The molecule has 2 aromatic heterocycles. The molecule has 3 aromatic rings. The third-order valence-electron chi connectivity index (χ3n) is 7.70. The number of carbonyl (C=O) groups excluding carboxylic acids is 2. The molecule has 0 bridgehead atoms. The van der Waals surface area contributed by atoms with E-state index in [-0.39, 0.29) is 43.4 Å². The highest BCUT2D eigenvalue weighted by Crippen LogP contribution is 2.42. The highest BCUT2D eigenvalue weighted by molar-refractivity contribution is 6.18. The monoisotopic (exact) mass is 602 g/mol. The quantitative estimate of drug-likeness (QED) is 0.259. The van der Waals surface area contributed by atoms with Crippen LogP contribution in [-0.4, -0.2) is 62.2 Å². The van der Waals surface area contributed by atoms with E-state index in [4.69, 9.17) is 16.0 Å². The van der Waals surface area contributed by atoms with Gasteiger partial charge in [-0.3, -0.25) is 9.48 Å². The van der Waals surface area contributed by atoms with Crippen LogP contribution in [0.2, 0.25) is 0 Å². The Balaban J connectivity index is 1.44. The maximum Gasteiger partial charge on any atom is 0.410 e. The van der Waals surface area contributed by atoms with Crippen molar-refractivity contribution in [3.05, 3.63) is 47.6 Å². The molecule has 222 valence electrons. The van der Waals surface area contributed by atoms with Gasteiger partial charge in [-0.1, -0.05) is 6.07 Å². The second-order valence-electron chi connectivity index (χ2n) is 10.3. The molecule has 1 aliphatic carbocycles. The van der Waals surface area contributed by atoms with Crippen molar-refractivity contribution >= 4 is 34.6 Å². The summed E-state index contributed by atoms with van der Waals surface area (Å²) in [5.74, 6) is -3.69. The number of carbonyl (C=O) groups is 2. The van der Waals surface area contributed by atoms with E-state index >= 15 is 0 Å². The molecule has 0 unspecified atom stereocenters. The molecule has 5 rings (SSSR count). The van der Waals surface area contributed by atoms with Gasteiger partial charge >= 0.3 is 12.2 Å². The summed E-state index contributed by atoms with van der Waals surface area (Å²) >= 11 is 6.11. The van der Waals surface area contributed by atoms with Gasteiger partial charge in [0.1, 0.15) is 23.3 Å². The Morgan fingerprint density at radius 2 is 2.00 bits per heavy atom. The molecule has 3 atom stereocenters. The first-order valence-electron chi connectivity index (χ1n) is 13.2. The maximum absolute atomic E-state index is 14.0. The highest BCUT2D eigenvalue weighted by atomic mass is 35.5. The van der Waals surface area contributed by atoms with Gasteiger partial charge in [0.2, 0.25) is 11.8 Å². The Hall–Kier alpha value is -3.42. The number of aryl methyl sites for hydroxylation is 1. The highest BCUT2D eigenvalue weighted by Gasteiger charge is 2.48. The Morgan fingerprint density at radius 1 is 1.27 bits per heavy atom. The number of benzene rings is 1. The van der Waals surface area contributed by atoms with Crippen LogP contribution >= 0.6 is 11.6 Å². The first kappa shape index (κ1) is 29.1. The molecule has 1 aliphatic heterocycles. The summed E-state index contributed by atoms with van der Waals surface area (Å²) in [4.78, 5) is 31.1. The second-order valence-corrected chi connectivity index (χ2v) is 10.6. The number of aromatic nitrogens is 3. The number of urea groups is 1. The molecule has 2 aliphatic rings. The fourth-order valence-electron chi connectivity index (χ4n) is 5.44. The molecule has 0 radical (unpaired) electrons. The van der Waals surface area contributed by atoms with Gasteiger partial charge in [0, 0.05) is 31.5 Å². The van der Waals surface area contributed by atoms with E-state index in [0.29, 0.717) is 28.9 Å². The fraction of sp³-hybridized carbons (Fsp3) is 0.538. The molecule has 9 nitrogen and oxygen atoms in total. The van der Waals surface area contributed by atoms with Crippen LogP contribution in [0.5, 0.6) is 0 Å². The van der Waals surface area contributed by atoms with E-state index in [1.807, 2.05) is 12.2 Å². The summed E-state index contributed by atoms with van der Waals surface area (Å²) in [6.07, 6.45) is -3.53. The lowest BCUT2D eigenvalue weighted by molar-refractivity contribution is -0.150. The number of amides is 3. The average Bonchev–Trinajstić information content (AvgIpc) is 3.66. The number of nitrogens with zero attached hydrogens (tertiary/aromatic N) is 4. The smallest absolute Gasteiger partial charge is 0.410 e. The molecule has 3 heterocycles. The van der Waals surface area contributed by atoms with Crippen LogP contribution in [0.1, 0.15) is 66.6 Å². The van der Waals surface area contributed by atoms with Crippen LogP contribution < -0.4 is 10.6 Å². The van der Waals surface area contributed by atoms with Gasteiger partial charge in [-0.05, 0) is 49.4 Å². The number of halogens is 6. The Kier molecular flexibility index (Phi) is 7.88. The molecule has 1 saturated carbocycles. The fourth-order valence-corrected chi connectivity index (χ4v) is 5.78. The van der Waals surface area contributed by atoms with Gasteiger partial charge in [0.05, 0.1) is 12.6 Å². The van der Waals surface area contributed by atoms with Crippen molar-refractivity contribution in [3.8, 4) is 0 Å². The largest absolute Gasteiger partial charge is 0.438 e. The number of alkyl halides is 6. The topological polar surface area (TPSA) is 105 Å². The van der Waals surface area contributed by atoms with Crippen molar-refractivity contribution in [2.75, 3.05) is 12.4 Å². The minimum Gasteiger partial charge on any atom is -0.438 e. The lowest BCUT2D eigenvalue weighted by Crippen LogP contribution is -2.40. The van der Waals surface area contributed by atoms with Gasteiger partial charge in [-0.25, -0.2) is 18.6 Å². The van der Waals surface area contributed by atoms with Crippen LogP contribution in [0, 0.1) is 5.92 Å². The first-order chi connectivity index (χ1) is 19.4. The van der Waals surface area contributed by atoms with Crippen LogP contribution in [0.4, 0.5) is 26.7 Å². The summed E-state index contributed by atoms with van der Waals surface area (Å²) in [5, 5.41) is 8.94. The number of hydrogen-bond donors (Lipinski definition) is 2. The minimum absolute atomic E-state index is 0.113. The van der Waals surface area contributed by atoms with Crippen molar-refractivity contribution in [1.29, 1.82) is 0 Å². The number of rotatable bonds is 8. The SMILES string of the molecule is CCn1nccc1C(=O)N[C@H](c1nc2cc([C@@H](CCl)N3C[C@@H](C(F)(F)F)NC3=O)ccc2o1)C1CCC(F)(F)CC1. The molecular formula is C26H28ClF5N6O3. The van der Waals surface area contributed by atoms with Gasteiger partial charge in [0.25, 0.3) is 5.91 Å². The number of oxazole rings is 1. The minimum atomic E-state index is -4.61. The average molecular weight is 603 g/mol. The first-order valence-corrected chi connectivity index (χ1v) is 13.7. The van der Waals surface area contributed by atoms with Crippen molar-refractivity contribution < 1.29 is 36.0 Å². The van der Waals surface area contributed by atoms with Gasteiger partial charge in [-0.15, -0.1) is 11.6 Å². The van der Waals surface area contributed by atoms with E-state index in [2.05, 4.69) is 15.4 Å². The lowest BCUT2D eigenvalue weighted by atomic mass is 9.82. The zero-order chi connectivity index (χ0) is 29.5. The van der Waals surface area contributed by atoms with Crippen LogP contribution in [0.25, 0.3) is 11.1 Å². The molecule has 15 heteroatoms. The normalized spacial score (nSPS) is 21.2. The third-order valence-corrected chi connectivity index (χ3v) is 8.00. The van der Waals surface area contributed by atoms with Gasteiger partial charge < -0.3 is 20.0 Å². The van der Waals surface area contributed by atoms with Crippen molar-refractivity contribution in [3.63, 3.8) is 0 Å². The predicted molar refractivity (Wildman–Crippen MR) is 138 cm³/mol. The Morgan fingerprint density at radius 3 is 2.63 bits per heavy atom. The molecule has 2 fully saturated rings. The summed E-state index contributed by atoms with van der Waals surface area (Å²) in [5.41, 5.74) is 1.37. The van der Waals surface area contributed by atoms with Crippen LogP contribution in [0.3, 0.4) is 0 Å². The molecule has 0 spiro atoms. The molecule has 41 heavy (non-hydrogen) atoms. The van der Waals surface area contributed by atoms with E-state index < -0.39 is 48.7 Å². The molecule has 3 amide bonds. The summed E-state index contributed by atoms with van der Waals surface area (Å²) in [6.45, 7) is 1.67. The maximum atomic E-state index is 14.0. The van der Waals surface area contributed by atoms with Crippen LogP contribution in [-0.2, 0) is 6.54 Å². The number of fused-ring (bicyclic) bond motifs is 1. The van der Waals surface area contributed by atoms with E-state index in [9.17, 15) is 31.5 Å². The Bertz CT molecular complexity index is 1420.